The van der Waals surface area contributed by atoms with Gasteiger partial charge in [0.2, 0.25) is 5.17 Å². The predicted molar refractivity (Wildman–Crippen MR) is 49.0 cm³/mol. The molecular weight excluding hydrogens is 203 g/mol. The summed E-state index contributed by atoms with van der Waals surface area (Å²) >= 11 is 10.7. The lowest BCUT2D eigenvalue weighted by Gasteiger charge is -1.93. The number of aliphatic imine (C=N–C) groups is 1. The first-order valence-electron chi connectivity index (χ1n) is 2.88. The fraction of sp³-hybridized carbons (Fsp3) is 0.167. The molecule has 0 aromatic heterocycles. The molecule has 0 aliphatic carbocycles. The van der Waals surface area contributed by atoms with Crippen molar-refractivity contribution in [1.29, 1.82) is 0 Å². The Morgan fingerprint density at radius 3 is 2.42 bits per heavy atom. The molecular formula is C6H6Cl2N2O2. The van der Waals surface area contributed by atoms with Gasteiger partial charge in [-0.1, -0.05) is 29.8 Å². The summed E-state index contributed by atoms with van der Waals surface area (Å²) in [7, 11) is 0. The van der Waals surface area contributed by atoms with Gasteiger partial charge < -0.3 is 0 Å². The van der Waals surface area contributed by atoms with Crippen molar-refractivity contribution in [3.63, 3.8) is 0 Å². The topological polar surface area (TPSA) is 55.5 Å². The van der Waals surface area contributed by atoms with Gasteiger partial charge in [0, 0.05) is 0 Å². The van der Waals surface area contributed by atoms with Crippen LogP contribution in [-0.4, -0.2) is 10.1 Å². The molecule has 0 aliphatic rings. The predicted octanol–water partition coefficient (Wildman–Crippen LogP) is 2.51. The highest BCUT2D eigenvalue weighted by molar-refractivity contribution is 6.69. The lowest BCUT2D eigenvalue weighted by molar-refractivity contribution is -0.414. The number of nitro groups is 1. The monoisotopic (exact) mass is 208 g/mol. The molecule has 0 rings (SSSR count). The van der Waals surface area contributed by atoms with Gasteiger partial charge in [-0.15, -0.1) is 0 Å². The summed E-state index contributed by atoms with van der Waals surface area (Å²) in [5.41, 5.74) is -0.293. The van der Waals surface area contributed by atoms with E-state index in [9.17, 15) is 10.1 Å². The van der Waals surface area contributed by atoms with Gasteiger partial charge in [-0.05, 0) is 13.0 Å². The van der Waals surface area contributed by atoms with Crippen LogP contribution in [0.25, 0.3) is 0 Å². The minimum absolute atomic E-state index is 0.0961. The maximum atomic E-state index is 10.3. The summed E-state index contributed by atoms with van der Waals surface area (Å²) in [5, 5.41) is 9.88. The minimum atomic E-state index is -0.647. The van der Waals surface area contributed by atoms with Crippen molar-refractivity contribution >= 4 is 28.4 Å². The van der Waals surface area contributed by atoms with Crippen molar-refractivity contribution in [2.45, 2.75) is 6.92 Å². The van der Waals surface area contributed by atoms with Crippen LogP contribution in [-0.2, 0) is 0 Å². The van der Waals surface area contributed by atoms with Gasteiger partial charge in [0.1, 0.15) is 5.16 Å². The van der Waals surface area contributed by atoms with E-state index in [1.807, 2.05) is 0 Å². The van der Waals surface area contributed by atoms with Gasteiger partial charge in [0.15, 0.2) is 0 Å². The first kappa shape index (κ1) is 11.1. The summed E-state index contributed by atoms with van der Waals surface area (Å²) in [5.74, 6) is 0. The Bertz CT molecular complexity index is 271. The molecule has 0 fully saturated rings. The third-order valence-corrected chi connectivity index (χ3v) is 1.26. The van der Waals surface area contributed by atoms with Crippen LogP contribution < -0.4 is 0 Å². The number of hydrogen-bond donors (Lipinski definition) is 0. The van der Waals surface area contributed by atoms with E-state index in [0.717, 1.165) is 0 Å². The van der Waals surface area contributed by atoms with Crippen molar-refractivity contribution in [3.05, 3.63) is 33.6 Å². The fourth-order valence-corrected chi connectivity index (χ4v) is 0.872. The number of rotatable bonds is 3. The van der Waals surface area contributed by atoms with Gasteiger partial charge in [0.05, 0.1) is 4.92 Å². The second-order valence-electron chi connectivity index (χ2n) is 1.71. The van der Waals surface area contributed by atoms with Gasteiger partial charge in [-0.2, -0.15) is 0 Å². The number of nitrogens with zero attached hydrogens (tertiary/aromatic N) is 2. The molecule has 66 valence electrons. The van der Waals surface area contributed by atoms with E-state index in [2.05, 4.69) is 11.6 Å². The van der Waals surface area contributed by atoms with Gasteiger partial charge in [-0.3, -0.25) is 10.1 Å². The largest absolute Gasteiger partial charge is 0.302 e. The zero-order valence-corrected chi connectivity index (χ0v) is 7.76. The number of allylic oxidation sites excluding steroid dienone is 2. The lowest BCUT2D eigenvalue weighted by atomic mass is 10.4. The Hall–Kier alpha value is -0.870. The first-order valence-corrected chi connectivity index (χ1v) is 3.64. The summed E-state index contributed by atoms with van der Waals surface area (Å²) in [6, 6.07) is 0. The van der Waals surface area contributed by atoms with Crippen LogP contribution >= 0.6 is 23.2 Å². The van der Waals surface area contributed by atoms with Crippen molar-refractivity contribution in [2.24, 2.45) is 4.99 Å². The zero-order valence-electron chi connectivity index (χ0n) is 6.25. The van der Waals surface area contributed by atoms with E-state index in [1.165, 1.54) is 13.0 Å². The summed E-state index contributed by atoms with van der Waals surface area (Å²) in [4.78, 5) is 13.0. The zero-order chi connectivity index (χ0) is 9.72. The second kappa shape index (κ2) is 4.90. The molecule has 0 aliphatic heterocycles. The van der Waals surface area contributed by atoms with Crippen LogP contribution in [0.4, 0.5) is 0 Å². The normalized spacial score (nSPS) is 12.9. The molecule has 0 heterocycles. The SMILES string of the molecule is C=C(Cl)/N=C(Cl)\C(=C/C)[N+](=O)[O-]. The van der Waals surface area contributed by atoms with Crippen molar-refractivity contribution < 1.29 is 4.92 Å². The lowest BCUT2D eigenvalue weighted by Crippen LogP contribution is -2.05. The van der Waals surface area contributed by atoms with Gasteiger partial charge >= 0.3 is 5.70 Å². The summed E-state index contributed by atoms with van der Waals surface area (Å²) in [6.07, 6.45) is 1.23. The van der Waals surface area contributed by atoms with E-state index < -0.39 is 4.92 Å². The maximum Gasteiger partial charge on any atom is 0.302 e. The third kappa shape index (κ3) is 3.50. The highest BCUT2D eigenvalue weighted by Gasteiger charge is 2.15. The third-order valence-electron chi connectivity index (χ3n) is 0.901. The van der Waals surface area contributed by atoms with Crippen LogP contribution in [0.3, 0.4) is 0 Å². The fourth-order valence-electron chi connectivity index (χ4n) is 0.464. The number of hydrogen-bond acceptors (Lipinski definition) is 3. The molecule has 12 heavy (non-hydrogen) atoms. The van der Waals surface area contributed by atoms with Crippen molar-refractivity contribution in [3.8, 4) is 0 Å². The molecule has 6 heteroatoms. The summed E-state index contributed by atoms with van der Waals surface area (Å²) in [6.45, 7) is 4.69. The minimum Gasteiger partial charge on any atom is -0.258 e. The van der Waals surface area contributed by atoms with E-state index in [1.54, 1.807) is 0 Å². The van der Waals surface area contributed by atoms with Gasteiger partial charge in [0.25, 0.3) is 0 Å². The van der Waals surface area contributed by atoms with Crippen LogP contribution in [0, 0.1) is 10.1 Å². The second-order valence-corrected chi connectivity index (χ2v) is 2.50. The quantitative estimate of drug-likeness (QED) is 0.310. The highest BCUT2D eigenvalue weighted by Crippen LogP contribution is 2.08. The molecule has 0 unspecified atom stereocenters. The van der Waals surface area contributed by atoms with Gasteiger partial charge in [-0.25, -0.2) is 4.99 Å². The van der Waals surface area contributed by atoms with Crippen LogP contribution in [0.5, 0.6) is 0 Å². The molecule has 0 spiro atoms. The van der Waals surface area contributed by atoms with Crippen LogP contribution in [0.15, 0.2) is 28.5 Å². The highest BCUT2D eigenvalue weighted by atomic mass is 35.5. The molecule has 0 saturated heterocycles. The van der Waals surface area contributed by atoms with E-state index in [4.69, 9.17) is 23.2 Å². The standard InChI is InChI=1S/C6H6Cl2N2O2/c1-3-5(10(11)12)6(8)9-4(2)7/h3H,2H2,1H3/b5-3+,9-6+. The molecule has 0 N–H and O–H groups in total. The van der Waals surface area contributed by atoms with Crippen molar-refractivity contribution in [2.75, 3.05) is 0 Å². The van der Waals surface area contributed by atoms with Crippen LogP contribution in [0.2, 0.25) is 0 Å². The molecule has 4 nitrogen and oxygen atoms in total. The van der Waals surface area contributed by atoms with Crippen LogP contribution in [0.1, 0.15) is 6.92 Å². The molecule has 0 radical (unpaired) electrons. The Balaban J connectivity index is 4.78. The van der Waals surface area contributed by atoms with E-state index in [-0.39, 0.29) is 16.0 Å². The number of halogens is 2. The van der Waals surface area contributed by atoms with Crippen molar-refractivity contribution in [1.82, 2.24) is 0 Å². The molecule has 0 aromatic rings. The van der Waals surface area contributed by atoms with E-state index >= 15 is 0 Å². The Kier molecular flexibility index (Phi) is 4.54. The molecule has 0 saturated carbocycles. The maximum absolute atomic E-state index is 10.3. The molecule has 0 atom stereocenters. The average Bonchev–Trinajstić information content (AvgIpc) is 1.85. The first-order chi connectivity index (χ1) is 5.49. The molecule has 0 bridgehead atoms. The Morgan fingerprint density at radius 1 is 1.67 bits per heavy atom. The molecule has 0 amide bonds. The van der Waals surface area contributed by atoms with E-state index in [0.29, 0.717) is 0 Å². The average molecular weight is 209 g/mol. The molecule has 0 aromatic carbocycles. The smallest absolute Gasteiger partial charge is 0.258 e. The summed E-state index contributed by atoms with van der Waals surface area (Å²) < 4.78 is 0. The Labute approximate surface area is 79.3 Å². The Morgan fingerprint density at radius 2 is 2.17 bits per heavy atom.